The third-order valence-corrected chi connectivity index (χ3v) is 5.15. The number of amides is 2. The Hall–Kier alpha value is -3.65. The van der Waals surface area contributed by atoms with E-state index in [-0.39, 0.29) is 16.4 Å². The lowest BCUT2D eigenvalue weighted by atomic mass is 10.1. The SMILES string of the molecule is Cc1cc(/C=C2/C(=O)NC(=S)N(c3ccccc3F)C2=O)c(C)n1-c1cccnc1. The first-order valence-electron chi connectivity index (χ1n) is 9.14. The standard InChI is InChI=1S/C22H17FN4O2S/c1-13-10-15(14(2)26(13)16-6-5-9-24-12-16)11-17-20(28)25-22(30)27(21(17)29)19-8-4-3-7-18(19)23/h3-12H,1-2H3,(H,25,28,30)/b17-11-. The number of thiocarbonyl (C=S) groups is 1. The van der Waals surface area contributed by atoms with Crippen molar-refractivity contribution in [1.82, 2.24) is 14.9 Å². The summed E-state index contributed by atoms with van der Waals surface area (Å²) in [5.41, 5.74) is 3.16. The highest BCUT2D eigenvalue weighted by molar-refractivity contribution is 7.80. The number of anilines is 1. The molecule has 1 saturated heterocycles. The number of rotatable bonds is 3. The zero-order chi connectivity index (χ0) is 21.4. The van der Waals surface area contributed by atoms with Crippen LogP contribution in [-0.4, -0.2) is 26.5 Å². The number of para-hydroxylation sites is 1. The fraction of sp³-hybridized carbons (Fsp3) is 0.0909. The first-order valence-corrected chi connectivity index (χ1v) is 9.54. The van der Waals surface area contributed by atoms with Crippen LogP contribution < -0.4 is 10.2 Å². The first kappa shape index (κ1) is 19.7. The summed E-state index contributed by atoms with van der Waals surface area (Å²) in [7, 11) is 0. The molecule has 0 saturated carbocycles. The Kier molecular flexibility index (Phi) is 5.01. The molecule has 1 aliphatic rings. The van der Waals surface area contributed by atoms with Crippen molar-refractivity contribution in [2.24, 2.45) is 0 Å². The Balaban J connectivity index is 1.78. The molecule has 3 heterocycles. The lowest BCUT2D eigenvalue weighted by Gasteiger charge is -2.29. The van der Waals surface area contributed by atoms with Gasteiger partial charge in [-0.15, -0.1) is 0 Å². The van der Waals surface area contributed by atoms with Gasteiger partial charge in [-0.1, -0.05) is 12.1 Å². The Morgan fingerprint density at radius 3 is 2.60 bits per heavy atom. The Labute approximate surface area is 177 Å². The predicted molar refractivity (Wildman–Crippen MR) is 116 cm³/mol. The normalized spacial score (nSPS) is 15.6. The van der Waals surface area contributed by atoms with Gasteiger partial charge in [0, 0.05) is 17.6 Å². The topological polar surface area (TPSA) is 67.2 Å². The molecule has 1 aliphatic heterocycles. The van der Waals surface area contributed by atoms with Crippen molar-refractivity contribution in [3.63, 3.8) is 0 Å². The molecule has 4 rings (SSSR count). The summed E-state index contributed by atoms with van der Waals surface area (Å²) in [5.74, 6) is -1.91. The van der Waals surface area contributed by atoms with Gasteiger partial charge in [-0.3, -0.25) is 19.9 Å². The molecule has 1 fully saturated rings. The zero-order valence-corrected chi connectivity index (χ0v) is 17.0. The minimum absolute atomic E-state index is 0.0146. The molecule has 1 aromatic carbocycles. The molecule has 0 radical (unpaired) electrons. The van der Waals surface area contributed by atoms with Crippen LogP contribution in [0.4, 0.5) is 10.1 Å². The summed E-state index contributed by atoms with van der Waals surface area (Å²) in [4.78, 5) is 30.8. The number of nitrogens with one attached hydrogen (secondary N) is 1. The van der Waals surface area contributed by atoms with Crippen molar-refractivity contribution in [2.75, 3.05) is 4.90 Å². The smallest absolute Gasteiger partial charge is 0.270 e. The van der Waals surface area contributed by atoms with E-state index in [1.54, 1.807) is 18.5 Å². The van der Waals surface area contributed by atoms with Crippen LogP contribution in [0.5, 0.6) is 0 Å². The maximum atomic E-state index is 14.3. The number of benzene rings is 1. The van der Waals surface area contributed by atoms with Crippen LogP contribution >= 0.6 is 12.2 Å². The Bertz CT molecular complexity index is 1220. The van der Waals surface area contributed by atoms with E-state index in [1.807, 2.05) is 36.6 Å². The second-order valence-corrected chi connectivity index (χ2v) is 7.17. The first-order chi connectivity index (χ1) is 14.4. The van der Waals surface area contributed by atoms with E-state index >= 15 is 0 Å². The summed E-state index contributed by atoms with van der Waals surface area (Å²) in [6.45, 7) is 3.81. The molecule has 2 amide bonds. The third-order valence-electron chi connectivity index (χ3n) is 4.87. The minimum Gasteiger partial charge on any atom is -0.316 e. The molecule has 8 heteroatoms. The van der Waals surface area contributed by atoms with Crippen LogP contribution in [0.3, 0.4) is 0 Å². The van der Waals surface area contributed by atoms with Crippen molar-refractivity contribution in [3.05, 3.63) is 83.2 Å². The molecule has 0 spiro atoms. The van der Waals surface area contributed by atoms with Crippen molar-refractivity contribution in [1.29, 1.82) is 0 Å². The number of aromatic nitrogens is 2. The lowest BCUT2D eigenvalue weighted by Crippen LogP contribution is -2.54. The predicted octanol–water partition coefficient (Wildman–Crippen LogP) is 3.46. The maximum absolute atomic E-state index is 14.3. The van der Waals surface area contributed by atoms with Gasteiger partial charge in [-0.05, 0) is 68.0 Å². The van der Waals surface area contributed by atoms with Gasteiger partial charge in [-0.2, -0.15) is 0 Å². The second kappa shape index (κ2) is 7.64. The molecular formula is C22H17FN4O2S. The summed E-state index contributed by atoms with van der Waals surface area (Å²) >= 11 is 5.12. The summed E-state index contributed by atoms with van der Waals surface area (Å²) in [6, 6.07) is 11.4. The molecule has 6 nitrogen and oxygen atoms in total. The van der Waals surface area contributed by atoms with Crippen LogP contribution in [0, 0.1) is 19.7 Å². The number of halogens is 1. The molecule has 0 atom stereocenters. The molecule has 150 valence electrons. The average molecular weight is 420 g/mol. The summed E-state index contributed by atoms with van der Waals surface area (Å²) < 4.78 is 16.3. The van der Waals surface area contributed by atoms with Gasteiger partial charge < -0.3 is 4.57 Å². The van der Waals surface area contributed by atoms with Gasteiger partial charge in [0.15, 0.2) is 5.11 Å². The second-order valence-electron chi connectivity index (χ2n) is 6.78. The number of carbonyl (C=O) groups is 2. The highest BCUT2D eigenvalue weighted by atomic mass is 32.1. The van der Waals surface area contributed by atoms with Gasteiger partial charge in [0.25, 0.3) is 11.8 Å². The largest absolute Gasteiger partial charge is 0.316 e. The van der Waals surface area contributed by atoms with Crippen LogP contribution in [0.25, 0.3) is 11.8 Å². The lowest BCUT2D eigenvalue weighted by molar-refractivity contribution is -0.122. The van der Waals surface area contributed by atoms with Crippen molar-refractivity contribution in [2.45, 2.75) is 13.8 Å². The van der Waals surface area contributed by atoms with Gasteiger partial charge in [0.1, 0.15) is 11.4 Å². The molecule has 1 N–H and O–H groups in total. The maximum Gasteiger partial charge on any atom is 0.270 e. The number of hydrogen-bond donors (Lipinski definition) is 1. The van der Waals surface area contributed by atoms with E-state index < -0.39 is 17.6 Å². The number of carbonyl (C=O) groups excluding carboxylic acids is 2. The van der Waals surface area contributed by atoms with E-state index in [4.69, 9.17) is 12.2 Å². The highest BCUT2D eigenvalue weighted by Crippen LogP contribution is 2.27. The molecule has 0 bridgehead atoms. The van der Waals surface area contributed by atoms with Crippen molar-refractivity contribution >= 4 is 40.9 Å². The summed E-state index contributed by atoms with van der Waals surface area (Å²) in [5, 5.41) is 2.32. The van der Waals surface area contributed by atoms with Crippen LogP contribution in [0.15, 0.2) is 60.4 Å². The zero-order valence-electron chi connectivity index (χ0n) is 16.2. The quantitative estimate of drug-likeness (QED) is 0.400. The third kappa shape index (κ3) is 3.31. The Morgan fingerprint density at radius 2 is 1.90 bits per heavy atom. The fourth-order valence-corrected chi connectivity index (χ4v) is 3.76. The molecular weight excluding hydrogens is 403 g/mol. The van der Waals surface area contributed by atoms with E-state index in [1.165, 1.54) is 24.3 Å². The minimum atomic E-state index is -0.681. The van der Waals surface area contributed by atoms with E-state index in [2.05, 4.69) is 10.3 Å². The molecule has 30 heavy (non-hydrogen) atoms. The highest BCUT2D eigenvalue weighted by Gasteiger charge is 2.35. The number of pyridine rings is 1. The van der Waals surface area contributed by atoms with Gasteiger partial charge >= 0.3 is 0 Å². The summed E-state index contributed by atoms with van der Waals surface area (Å²) in [6.07, 6.45) is 4.92. The van der Waals surface area contributed by atoms with Crippen LogP contribution in [0.2, 0.25) is 0 Å². The molecule has 3 aromatic rings. The van der Waals surface area contributed by atoms with Crippen molar-refractivity contribution < 1.29 is 14.0 Å². The molecule has 2 aromatic heterocycles. The number of nitrogens with zero attached hydrogens (tertiary/aromatic N) is 3. The van der Waals surface area contributed by atoms with Crippen molar-refractivity contribution in [3.8, 4) is 5.69 Å². The molecule has 0 aliphatic carbocycles. The number of hydrogen-bond acceptors (Lipinski definition) is 4. The van der Waals surface area contributed by atoms with E-state index in [0.29, 0.717) is 5.56 Å². The Morgan fingerprint density at radius 1 is 1.13 bits per heavy atom. The average Bonchev–Trinajstić information content (AvgIpc) is 3.00. The van der Waals surface area contributed by atoms with E-state index in [9.17, 15) is 14.0 Å². The van der Waals surface area contributed by atoms with Gasteiger partial charge in [0.2, 0.25) is 0 Å². The molecule has 0 unspecified atom stereocenters. The number of aryl methyl sites for hydroxylation is 1. The van der Waals surface area contributed by atoms with Gasteiger partial charge in [0.05, 0.1) is 17.6 Å². The monoisotopic (exact) mass is 420 g/mol. The van der Waals surface area contributed by atoms with Crippen LogP contribution in [-0.2, 0) is 9.59 Å². The fourth-order valence-electron chi connectivity index (χ4n) is 3.48. The van der Waals surface area contributed by atoms with Crippen LogP contribution in [0.1, 0.15) is 17.0 Å². The van der Waals surface area contributed by atoms with E-state index in [0.717, 1.165) is 22.0 Å². The van der Waals surface area contributed by atoms with Gasteiger partial charge in [-0.25, -0.2) is 9.29 Å².